The van der Waals surface area contributed by atoms with Crippen molar-refractivity contribution in [2.24, 2.45) is 11.8 Å². The number of amides is 4. The highest BCUT2D eigenvalue weighted by molar-refractivity contribution is 6.06. The zero-order chi connectivity index (χ0) is 15.6. The minimum absolute atomic E-state index is 0.0742. The molecule has 0 aromatic carbocycles. The summed E-state index contributed by atoms with van der Waals surface area (Å²) in [5.41, 5.74) is -0.777. The molecule has 0 unspecified atom stereocenters. The molecule has 118 valence electrons. The molecule has 2 aliphatic rings. The van der Waals surface area contributed by atoms with Gasteiger partial charge in [0.15, 0.2) is 0 Å². The predicted octanol–water partition coefficient (Wildman–Crippen LogP) is 1.26. The first-order chi connectivity index (χ1) is 9.89. The van der Waals surface area contributed by atoms with E-state index in [1.165, 1.54) is 4.90 Å². The average molecular weight is 295 g/mol. The van der Waals surface area contributed by atoms with E-state index in [1.54, 1.807) is 6.92 Å². The van der Waals surface area contributed by atoms with E-state index in [0.29, 0.717) is 31.8 Å². The first kappa shape index (κ1) is 15.8. The van der Waals surface area contributed by atoms with Gasteiger partial charge in [0.05, 0.1) is 0 Å². The monoisotopic (exact) mass is 295 g/mol. The van der Waals surface area contributed by atoms with E-state index in [2.05, 4.69) is 10.6 Å². The van der Waals surface area contributed by atoms with Crippen molar-refractivity contribution in [1.82, 2.24) is 15.5 Å². The molecule has 2 atom stereocenters. The number of imide groups is 1. The quantitative estimate of drug-likeness (QED) is 0.548. The summed E-state index contributed by atoms with van der Waals surface area (Å²) in [5, 5.41) is 5.60. The van der Waals surface area contributed by atoms with Crippen LogP contribution in [-0.2, 0) is 9.59 Å². The van der Waals surface area contributed by atoms with Gasteiger partial charge in [0.1, 0.15) is 5.54 Å². The van der Waals surface area contributed by atoms with Crippen molar-refractivity contribution in [3.63, 3.8) is 0 Å². The molecule has 2 N–H and O–H groups in total. The summed E-state index contributed by atoms with van der Waals surface area (Å²) in [6.07, 6.45) is 3.45. The van der Waals surface area contributed by atoms with Crippen molar-refractivity contribution in [2.75, 3.05) is 13.1 Å². The SMILES string of the molecule is CC[C@@]1(C)NC(=O)N(CCCNC(=O)[C@@H](C)C2CC2)C1=O. The Morgan fingerprint density at radius 2 is 2.14 bits per heavy atom. The third kappa shape index (κ3) is 3.36. The summed E-state index contributed by atoms with van der Waals surface area (Å²) in [4.78, 5) is 37.0. The largest absolute Gasteiger partial charge is 0.356 e. The van der Waals surface area contributed by atoms with Crippen LogP contribution < -0.4 is 10.6 Å². The van der Waals surface area contributed by atoms with E-state index >= 15 is 0 Å². The molecule has 4 amide bonds. The lowest BCUT2D eigenvalue weighted by Gasteiger charge is -2.19. The number of rotatable bonds is 7. The Hall–Kier alpha value is -1.59. The van der Waals surface area contributed by atoms with Gasteiger partial charge in [-0.3, -0.25) is 14.5 Å². The van der Waals surface area contributed by atoms with Crippen LogP contribution in [0.4, 0.5) is 4.79 Å². The van der Waals surface area contributed by atoms with Gasteiger partial charge in [-0.15, -0.1) is 0 Å². The van der Waals surface area contributed by atoms with E-state index in [-0.39, 0.29) is 23.8 Å². The van der Waals surface area contributed by atoms with Gasteiger partial charge in [0.2, 0.25) is 5.91 Å². The highest BCUT2D eigenvalue weighted by atomic mass is 16.2. The van der Waals surface area contributed by atoms with Crippen molar-refractivity contribution in [3.8, 4) is 0 Å². The maximum Gasteiger partial charge on any atom is 0.325 e. The zero-order valence-electron chi connectivity index (χ0n) is 13.1. The third-order valence-corrected chi connectivity index (χ3v) is 4.65. The fourth-order valence-corrected chi connectivity index (χ4v) is 2.61. The summed E-state index contributed by atoms with van der Waals surface area (Å²) >= 11 is 0. The van der Waals surface area contributed by atoms with Crippen LogP contribution in [0.1, 0.15) is 46.5 Å². The molecule has 0 radical (unpaired) electrons. The summed E-state index contributed by atoms with van der Waals surface area (Å²) < 4.78 is 0. The second-order valence-electron chi connectivity index (χ2n) is 6.34. The number of carbonyl (C=O) groups is 3. The summed E-state index contributed by atoms with van der Waals surface area (Å²) in [5.74, 6) is 0.520. The van der Waals surface area contributed by atoms with Crippen LogP contribution in [-0.4, -0.2) is 41.4 Å². The standard InChI is InChI=1S/C15H25N3O3/c1-4-15(3)13(20)18(14(21)17-15)9-5-8-16-12(19)10(2)11-6-7-11/h10-11H,4-9H2,1-3H3,(H,16,19)(H,17,21)/t10-,15+/m0/s1. The van der Waals surface area contributed by atoms with Crippen molar-refractivity contribution in [1.29, 1.82) is 0 Å². The summed E-state index contributed by atoms with van der Waals surface area (Å²) in [6.45, 7) is 6.42. The first-order valence-electron chi connectivity index (χ1n) is 7.81. The molecule has 2 rings (SSSR count). The molecule has 2 fully saturated rings. The number of nitrogens with one attached hydrogen (secondary N) is 2. The number of nitrogens with zero attached hydrogens (tertiary/aromatic N) is 1. The molecule has 1 heterocycles. The molecular formula is C15H25N3O3. The van der Waals surface area contributed by atoms with Crippen molar-refractivity contribution in [2.45, 2.75) is 52.0 Å². The van der Waals surface area contributed by atoms with Crippen molar-refractivity contribution in [3.05, 3.63) is 0 Å². The fraction of sp³-hybridized carbons (Fsp3) is 0.800. The summed E-state index contributed by atoms with van der Waals surface area (Å²) in [6, 6.07) is -0.331. The molecule has 1 aliphatic heterocycles. The van der Waals surface area contributed by atoms with Gasteiger partial charge in [0.25, 0.3) is 5.91 Å². The van der Waals surface area contributed by atoms with Crippen LogP contribution in [0.15, 0.2) is 0 Å². The van der Waals surface area contributed by atoms with Crippen LogP contribution in [0, 0.1) is 11.8 Å². The fourth-order valence-electron chi connectivity index (χ4n) is 2.61. The predicted molar refractivity (Wildman–Crippen MR) is 78.5 cm³/mol. The minimum atomic E-state index is -0.777. The molecule has 0 bridgehead atoms. The Bertz CT molecular complexity index is 447. The normalized spacial score (nSPS) is 26.7. The van der Waals surface area contributed by atoms with Gasteiger partial charge in [-0.25, -0.2) is 4.79 Å². The van der Waals surface area contributed by atoms with E-state index in [4.69, 9.17) is 0 Å². The van der Waals surface area contributed by atoms with Crippen molar-refractivity contribution < 1.29 is 14.4 Å². The first-order valence-corrected chi connectivity index (χ1v) is 7.81. The van der Waals surface area contributed by atoms with Gasteiger partial charge in [0, 0.05) is 19.0 Å². The lowest BCUT2D eigenvalue weighted by Crippen LogP contribution is -2.43. The van der Waals surface area contributed by atoms with Crippen LogP contribution >= 0.6 is 0 Å². The topological polar surface area (TPSA) is 78.5 Å². The van der Waals surface area contributed by atoms with Crippen molar-refractivity contribution >= 4 is 17.8 Å². The Labute approximate surface area is 125 Å². The van der Waals surface area contributed by atoms with E-state index < -0.39 is 5.54 Å². The number of carbonyl (C=O) groups excluding carboxylic acids is 3. The molecule has 0 aromatic rings. The highest BCUT2D eigenvalue weighted by Gasteiger charge is 2.45. The van der Waals surface area contributed by atoms with E-state index in [1.807, 2.05) is 13.8 Å². The lowest BCUT2D eigenvalue weighted by atomic mass is 9.99. The highest BCUT2D eigenvalue weighted by Crippen LogP contribution is 2.36. The Morgan fingerprint density at radius 3 is 2.67 bits per heavy atom. The van der Waals surface area contributed by atoms with Crippen LogP contribution in [0.5, 0.6) is 0 Å². The Balaban J connectivity index is 1.72. The smallest absolute Gasteiger partial charge is 0.325 e. The molecule has 1 saturated carbocycles. The number of hydrogen-bond donors (Lipinski definition) is 2. The zero-order valence-corrected chi connectivity index (χ0v) is 13.1. The number of hydrogen-bond acceptors (Lipinski definition) is 3. The second-order valence-corrected chi connectivity index (χ2v) is 6.34. The van der Waals surface area contributed by atoms with Gasteiger partial charge in [-0.05, 0) is 38.5 Å². The van der Waals surface area contributed by atoms with Crippen LogP contribution in [0.3, 0.4) is 0 Å². The maximum absolute atomic E-state index is 12.2. The third-order valence-electron chi connectivity index (χ3n) is 4.65. The Kier molecular flexibility index (Phi) is 4.54. The van der Waals surface area contributed by atoms with E-state index in [9.17, 15) is 14.4 Å². The molecule has 0 aromatic heterocycles. The summed E-state index contributed by atoms with van der Waals surface area (Å²) in [7, 11) is 0. The molecule has 6 nitrogen and oxygen atoms in total. The van der Waals surface area contributed by atoms with E-state index in [0.717, 1.165) is 12.8 Å². The minimum Gasteiger partial charge on any atom is -0.356 e. The molecule has 1 aliphatic carbocycles. The molecule has 1 saturated heterocycles. The number of urea groups is 1. The van der Waals surface area contributed by atoms with Crippen LogP contribution in [0.2, 0.25) is 0 Å². The van der Waals surface area contributed by atoms with Gasteiger partial charge < -0.3 is 10.6 Å². The average Bonchev–Trinajstić information content (AvgIpc) is 3.26. The van der Waals surface area contributed by atoms with Gasteiger partial charge in [-0.1, -0.05) is 13.8 Å². The van der Waals surface area contributed by atoms with Gasteiger partial charge in [-0.2, -0.15) is 0 Å². The maximum atomic E-state index is 12.2. The Morgan fingerprint density at radius 1 is 1.48 bits per heavy atom. The molecule has 6 heteroatoms. The molecule has 0 spiro atoms. The molecular weight excluding hydrogens is 270 g/mol. The second kappa shape index (κ2) is 6.03. The molecule has 21 heavy (non-hydrogen) atoms. The lowest BCUT2D eigenvalue weighted by molar-refractivity contribution is -0.130. The van der Waals surface area contributed by atoms with Crippen LogP contribution in [0.25, 0.3) is 0 Å². The van der Waals surface area contributed by atoms with Gasteiger partial charge >= 0.3 is 6.03 Å².